The molecule has 0 aliphatic carbocycles. The van der Waals surface area contributed by atoms with Crippen LogP contribution in [0.2, 0.25) is 10.0 Å². The van der Waals surface area contributed by atoms with Crippen LogP contribution < -0.4 is 10.1 Å². The van der Waals surface area contributed by atoms with Crippen molar-refractivity contribution in [2.45, 2.75) is 13.8 Å². The van der Waals surface area contributed by atoms with Crippen LogP contribution in [0.25, 0.3) is 22.6 Å². The van der Waals surface area contributed by atoms with Gasteiger partial charge in [-0.05, 0) is 67.4 Å². The molecular formula is C23H17Cl2FN2O3. The van der Waals surface area contributed by atoms with Gasteiger partial charge in [0.1, 0.15) is 17.1 Å². The maximum atomic E-state index is 13.3. The Labute approximate surface area is 187 Å². The molecule has 4 rings (SSSR count). The molecule has 1 amide bonds. The van der Waals surface area contributed by atoms with Crippen molar-refractivity contribution in [2.24, 2.45) is 0 Å². The molecule has 3 aromatic carbocycles. The van der Waals surface area contributed by atoms with Gasteiger partial charge in [0.25, 0.3) is 5.91 Å². The maximum absolute atomic E-state index is 13.3. The van der Waals surface area contributed by atoms with Crippen LogP contribution in [0.1, 0.15) is 11.1 Å². The second-order valence-corrected chi connectivity index (χ2v) is 7.87. The fourth-order valence-corrected chi connectivity index (χ4v) is 3.83. The van der Waals surface area contributed by atoms with Gasteiger partial charge < -0.3 is 14.5 Å². The van der Waals surface area contributed by atoms with E-state index in [0.29, 0.717) is 33.1 Å². The van der Waals surface area contributed by atoms with E-state index < -0.39 is 5.82 Å². The average molecular weight is 459 g/mol. The van der Waals surface area contributed by atoms with Crippen molar-refractivity contribution in [1.82, 2.24) is 4.98 Å². The Kier molecular flexibility index (Phi) is 5.85. The molecule has 1 heterocycles. The molecule has 0 spiro atoms. The summed E-state index contributed by atoms with van der Waals surface area (Å²) in [6.45, 7) is 3.61. The number of hydrogen-bond acceptors (Lipinski definition) is 4. The molecule has 0 unspecified atom stereocenters. The van der Waals surface area contributed by atoms with Crippen LogP contribution in [0.4, 0.5) is 10.1 Å². The van der Waals surface area contributed by atoms with Gasteiger partial charge in [0.05, 0.1) is 15.6 Å². The Morgan fingerprint density at radius 2 is 1.90 bits per heavy atom. The molecule has 31 heavy (non-hydrogen) atoms. The van der Waals surface area contributed by atoms with Crippen LogP contribution in [0.5, 0.6) is 5.75 Å². The van der Waals surface area contributed by atoms with Crippen LogP contribution in [0.15, 0.2) is 52.9 Å². The van der Waals surface area contributed by atoms with Crippen molar-refractivity contribution in [1.29, 1.82) is 0 Å². The highest BCUT2D eigenvalue weighted by Crippen LogP contribution is 2.32. The summed E-state index contributed by atoms with van der Waals surface area (Å²) in [6, 6.07) is 12.7. The van der Waals surface area contributed by atoms with Gasteiger partial charge >= 0.3 is 0 Å². The topological polar surface area (TPSA) is 64.4 Å². The molecule has 0 bridgehead atoms. The van der Waals surface area contributed by atoms with E-state index in [1.54, 1.807) is 24.3 Å². The number of benzene rings is 3. The second-order valence-electron chi connectivity index (χ2n) is 7.06. The summed E-state index contributed by atoms with van der Waals surface area (Å²) < 4.78 is 24.6. The molecule has 5 nitrogen and oxygen atoms in total. The largest absolute Gasteiger partial charge is 0.482 e. The molecule has 0 atom stereocenters. The number of aromatic nitrogens is 1. The molecule has 158 valence electrons. The molecule has 4 aromatic rings. The van der Waals surface area contributed by atoms with Gasteiger partial charge in [-0.25, -0.2) is 9.37 Å². The quantitative estimate of drug-likeness (QED) is 0.367. The van der Waals surface area contributed by atoms with Gasteiger partial charge in [-0.15, -0.1) is 0 Å². The zero-order valence-corrected chi connectivity index (χ0v) is 18.1. The highest BCUT2D eigenvalue weighted by Gasteiger charge is 2.14. The predicted octanol–water partition coefficient (Wildman–Crippen LogP) is 6.58. The molecule has 1 N–H and O–H groups in total. The summed E-state index contributed by atoms with van der Waals surface area (Å²) in [7, 11) is 0. The SMILES string of the molecule is Cc1cc(C)c(OCC(=O)Nc2ccc3oc(-c4ccc(F)cc4Cl)nc3c2)c(Cl)c1. The Hall–Kier alpha value is -3.09. The number of oxazole rings is 1. The molecule has 0 saturated heterocycles. The number of halogens is 3. The van der Waals surface area contributed by atoms with Crippen LogP contribution >= 0.6 is 23.2 Å². The first kappa shape index (κ1) is 21.2. The van der Waals surface area contributed by atoms with Crippen molar-refractivity contribution in [3.8, 4) is 17.2 Å². The number of amides is 1. The minimum Gasteiger partial charge on any atom is -0.482 e. The minimum absolute atomic E-state index is 0.197. The second kappa shape index (κ2) is 8.57. The van der Waals surface area contributed by atoms with Crippen LogP contribution in [-0.2, 0) is 4.79 Å². The lowest BCUT2D eigenvalue weighted by Crippen LogP contribution is -2.20. The molecule has 0 aliphatic rings. The van der Waals surface area contributed by atoms with E-state index in [2.05, 4.69) is 10.3 Å². The van der Waals surface area contributed by atoms with Gasteiger partial charge in [0, 0.05) is 5.69 Å². The van der Waals surface area contributed by atoms with Crippen LogP contribution in [0, 0.1) is 19.7 Å². The third-order valence-electron chi connectivity index (χ3n) is 4.55. The molecular weight excluding hydrogens is 442 g/mol. The van der Waals surface area contributed by atoms with Gasteiger partial charge in [-0.1, -0.05) is 29.3 Å². The third kappa shape index (κ3) is 4.65. The van der Waals surface area contributed by atoms with Crippen molar-refractivity contribution in [3.63, 3.8) is 0 Å². The molecule has 0 aliphatic heterocycles. The Balaban J connectivity index is 1.48. The molecule has 0 fully saturated rings. The van der Waals surface area contributed by atoms with Crippen LogP contribution in [0.3, 0.4) is 0 Å². The zero-order valence-electron chi connectivity index (χ0n) is 16.6. The normalized spacial score (nSPS) is 11.0. The first-order chi connectivity index (χ1) is 14.8. The monoisotopic (exact) mass is 458 g/mol. The number of anilines is 1. The summed E-state index contributed by atoms with van der Waals surface area (Å²) in [5, 5.41) is 3.41. The first-order valence-electron chi connectivity index (χ1n) is 9.35. The highest BCUT2D eigenvalue weighted by molar-refractivity contribution is 6.33. The molecule has 8 heteroatoms. The number of carbonyl (C=O) groups excluding carboxylic acids is 1. The standard InChI is InChI=1S/C23H17Cl2FN2O3/c1-12-7-13(2)22(18(25)8-12)30-11-21(29)27-15-4-6-20-19(10-15)28-23(31-20)16-5-3-14(26)9-17(16)24/h3-10H,11H2,1-2H3,(H,27,29). The molecule has 0 radical (unpaired) electrons. The minimum atomic E-state index is -0.445. The van der Waals surface area contributed by atoms with E-state index in [1.807, 2.05) is 19.9 Å². The summed E-state index contributed by atoms with van der Waals surface area (Å²) in [5.74, 6) is -0.0497. The fraction of sp³-hybridized carbons (Fsp3) is 0.130. The summed E-state index contributed by atoms with van der Waals surface area (Å²) in [6.07, 6.45) is 0. The smallest absolute Gasteiger partial charge is 0.262 e. The Morgan fingerprint density at radius 1 is 1.10 bits per heavy atom. The lowest BCUT2D eigenvalue weighted by atomic mass is 10.1. The summed E-state index contributed by atoms with van der Waals surface area (Å²) in [4.78, 5) is 16.7. The Morgan fingerprint density at radius 3 is 2.65 bits per heavy atom. The number of aryl methyl sites for hydroxylation is 2. The van der Waals surface area contributed by atoms with Crippen molar-refractivity contribution in [3.05, 3.63) is 75.5 Å². The summed E-state index contributed by atoms with van der Waals surface area (Å²) >= 11 is 12.3. The predicted molar refractivity (Wildman–Crippen MR) is 119 cm³/mol. The lowest BCUT2D eigenvalue weighted by molar-refractivity contribution is -0.118. The number of nitrogens with zero attached hydrogens (tertiary/aromatic N) is 1. The highest BCUT2D eigenvalue weighted by atomic mass is 35.5. The van der Waals surface area contributed by atoms with Gasteiger partial charge in [0.2, 0.25) is 5.89 Å². The molecule has 0 saturated carbocycles. The number of hydrogen-bond donors (Lipinski definition) is 1. The van der Waals surface area contributed by atoms with Crippen LogP contribution in [-0.4, -0.2) is 17.5 Å². The van der Waals surface area contributed by atoms with E-state index in [4.69, 9.17) is 32.4 Å². The number of fused-ring (bicyclic) bond motifs is 1. The molecule has 1 aromatic heterocycles. The first-order valence-corrected chi connectivity index (χ1v) is 10.1. The number of carbonyl (C=O) groups is 1. The van der Waals surface area contributed by atoms with E-state index >= 15 is 0 Å². The van der Waals surface area contributed by atoms with E-state index in [9.17, 15) is 9.18 Å². The number of nitrogens with one attached hydrogen (secondary N) is 1. The maximum Gasteiger partial charge on any atom is 0.262 e. The van der Waals surface area contributed by atoms with E-state index in [-0.39, 0.29) is 23.4 Å². The van der Waals surface area contributed by atoms with Crippen molar-refractivity contribution in [2.75, 3.05) is 11.9 Å². The van der Waals surface area contributed by atoms with Crippen molar-refractivity contribution < 1.29 is 18.3 Å². The third-order valence-corrected chi connectivity index (χ3v) is 5.15. The Bertz CT molecular complexity index is 1280. The van der Waals surface area contributed by atoms with E-state index in [0.717, 1.165) is 11.1 Å². The number of rotatable bonds is 5. The van der Waals surface area contributed by atoms with Crippen molar-refractivity contribution >= 4 is 45.9 Å². The van der Waals surface area contributed by atoms with Gasteiger partial charge in [-0.2, -0.15) is 0 Å². The average Bonchev–Trinajstić information content (AvgIpc) is 3.10. The summed E-state index contributed by atoms with van der Waals surface area (Å²) in [5.41, 5.74) is 3.90. The fourth-order valence-electron chi connectivity index (χ4n) is 3.20. The zero-order chi connectivity index (χ0) is 22.1. The lowest BCUT2D eigenvalue weighted by Gasteiger charge is -2.12. The van der Waals surface area contributed by atoms with E-state index in [1.165, 1.54) is 18.2 Å². The number of ether oxygens (including phenoxy) is 1. The van der Waals surface area contributed by atoms with Gasteiger partial charge in [0.15, 0.2) is 12.2 Å². The van der Waals surface area contributed by atoms with Gasteiger partial charge in [-0.3, -0.25) is 4.79 Å².